The highest BCUT2D eigenvalue weighted by molar-refractivity contribution is 6.24. The summed E-state index contributed by atoms with van der Waals surface area (Å²) in [5, 5.41) is 45.9. The molecule has 0 radical (unpaired) electrons. The summed E-state index contributed by atoms with van der Waals surface area (Å²) < 4.78 is 0. The minimum absolute atomic E-state index is 0.0143. The van der Waals surface area contributed by atoms with Crippen molar-refractivity contribution in [3.05, 3.63) is 45.7 Å². The molecular formula is C58H78N2O8. The van der Waals surface area contributed by atoms with Crippen molar-refractivity contribution >= 4 is 29.0 Å². The van der Waals surface area contributed by atoms with Crippen LogP contribution < -0.4 is 5.73 Å². The summed E-state index contributed by atoms with van der Waals surface area (Å²) in [7, 11) is 3.16. The Morgan fingerprint density at radius 2 is 1.60 bits per heavy atom. The van der Waals surface area contributed by atoms with Gasteiger partial charge in [0.15, 0.2) is 11.4 Å². The molecule has 7 aliphatic carbocycles. The number of amides is 1. The largest absolute Gasteiger partial charge is 0.508 e. The number of carbonyl (C=O) groups excluding carboxylic acids is 4. The Hall–Kier alpha value is -4.38. The summed E-state index contributed by atoms with van der Waals surface area (Å²) in [4.78, 5) is 55.1. The number of phenols is 1. The van der Waals surface area contributed by atoms with Crippen LogP contribution in [0, 0.1) is 123 Å². The maximum Gasteiger partial charge on any atom is 0.255 e. The second-order valence-corrected chi connectivity index (χ2v) is 24.4. The summed E-state index contributed by atoms with van der Waals surface area (Å²) in [6.45, 7) is 26.9. The predicted octanol–water partition coefficient (Wildman–Crippen LogP) is 8.86. The van der Waals surface area contributed by atoms with E-state index in [1.165, 1.54) is 30.2 Å². The number of aliphatic hydroxyl groups is 3. The lowest BCUT2D eigenvalue weighted by Gasteiger charge is -2.75. The molecule has 368 valence electrons. The third kappa shape index (κ3) is 6.94. The molecule has 5 fully saturated rings. The topological polar surface area (TPSA) is 178 Å². The Labute approximate surface area is 405 Å². The number of likely N-dealkylation sites (N-methyl/N-ethyl adjacent to an activating group) is 1. The maximum absolute atomic E-state index is 14.3. The third-order valence-electron chi connectivity index (χ3n) is 20.8. The SMILES string of the molecule is CC(=O)C1C(C)C(C(C)C)C2(C)CC3(C)CC4C(C#CCCC#Cc5ccc(O)c6c5C[C@H]5C[C@H]7[C@H](N(C)C)C(=O)C(C(N)=O)=C(O)[C@@]7(O)C(=O)C5=C6O)CCC(C)C4C(C)C3C(C)C2(C)C1C. The lowest BCUT2D eigenvalue weighted by atomic mass is 9.29. The number of primary amides is 1. The third-order valence-corrected chi connectivity index (χ3v) is 20.8. The monoisotopic (exact) mass is 931 g/mol. The van der Waals surface area contributed by atoms with Gasteiger partial charge in [0.1, 0.15) is 28.6 Å². The first-order chi connectivity index (χ1) is 31.7. The summed E-state index contributed by atoms with van der Waals surface area (Å²) in [5.74, 6) is 12.9. The van der Waals surface area contributed by atoms with Gasteiger partial charge in [0.25, 0.3) is 5.91 Å². The lowest BCUT2D eigenvalue weighted by molar-refractivity contribution is -0.267. The predicted molar refractivity (Wildman–Crippen MR) is 263 cm³/mol. The number of carbonyl (C=O) groups is 4. The number of nitrogens with zero attached hydrogens (tertiary/aromatic N) is 1. The second kappa shape index (κ2) is 17.2. The van der Waals surface area contributed by atoms with Crippen molar-refractivity contribution in [1.82, 2.24) is 4.90 Å². The molecule has 6 N–H and O–H groups in total. The molecule has 18 atom stereocenters. The molecule has 14 unspecified atom stereocenters. The van der Waals surface area contributed by atoms with Crippen LogP contribution in [0.1, 0.15) is 138 Å². The van der Waals surface area contributed by atoms with Gasteiger partial charge in [0.05, 0.1) is 11.6 Å². The van der Waals surface area contributed by atoms with Crippen LogP contribution in [0.15, 0.2) is 29.0 Å². The fraction of sp³-hybridized carbons (Fsp3) is 0.690. The molecule has 1 aromatic rings. The molecule has 1 aromatic carbocycles. The van der Waals surface area contributed by atoms with Gasteiger partial charge in [0.2, 0.25) is 5.78 Å². The molecule has 0 aliphatic heterocycles. The van der Waals surface area contributed by atoms with Crippen molar-refractivity contribution in [2.45, 2.75) is 139 Å². The Kier molecular flexibility index (Phi) is 12.6. The highest BCUT2D eigenvalue weighted by Gasteiger charge is 2.72. The van der Waals surface area contributed by atoms with Crippen molar-refractivity contribution < 1.29 is 39.6 Å². The van der Waals surface area contributed by atoms with E-state index in [1.54, 1.807) is 20.2 Å². The number of phenolic OH excluding ortho intramolecular Hbond substituents is 1. The zero-order valence-electron chi connectivity index (χ0n) is 42.9. The van der Waals surface area contributed by atoms with Gasteiger partial charge in [0, 0.05) is 41.7 Å². The molecule has 0 spiro atoms. The minimum Gasteiger partial charge on any atom is -0.508 e. The van der Waals surface area contributed by atoms with Gasteiger partial charge in [-0.15, -0.1) is 5.92 Å². The highest BCUT2D eigenvalue weighted by Crippen LogP contribution is 2.77. The van der Waals surface area contributed by atoms with Gasteiger partial charge in [-0.1, -0.05) is 87.0 Å². The Morgan fingerprint density at radius 3 is 2.22 bits per heavy atom. The lowest BCUT2D eigenvalue weighted by Crippen LogP contribution is -2.70. The number of ketones is 3. The summed E-state index contributed by atoms with van der Waals surface area (Å²) in [6.07, 6.45) is 5.97. The number of benzene rings is 1. The number of rotatable bonds is 5. The van der Waals surface area contributed by atoms with E-state index in [9.17, 15) is 39.6 Å². The summed E-state index contributed by atoms with van der Waals surface area (Å²) >= 11 is 0. The molecule has 1 amide bonds. The van der Waals surface area contributed by atoms with E-state index >= 15 is 0 Å². The second-order valence-electron chi connectivity index (χ2n) is 24.4. The normalized spacial score (nSPS) is 42.9. The highest BCUT2D eigenvalue weighted by atomic mass is 16.3. The van der Waals surface area contributed by atoms with E-state index in [-0.39, 0.29) is 51.9 Å². The quantitative estimate of drug-likeness (QED) is 0.110. The van der Waals surface area contributed by atoms with Gasteiger partial charge in [-0.25, -0.2) is 0 Å². The van der Waals surface area contributed by atoms with Crippen LogP contribution in [-0.4, -0.2) is 74.3 Å². The first-order valence-electron chi connectivity index (χ1n) is 25.7. The minimum atomic E-state index is -2.69. The summed E-state index contributed by atoms with van der Waals surface area (Å²) in [6, 6.07) is 1.96. The number of hydrogen-bond donors (Lipinski definition) is 5. The van der Waals surface area contributed by atoms with E-state index in [4.69, 9.17) is 5.73 Å². The molecule has 8 rings (SSSR count). The number of nitrogens with two attached hydrogens (primary N) is 1. The first kappa shape index (κ1) is 50.0. The van der Waals surface area contributed by atoms with Crippen molar-refractivity contribution in [1.29, 1.82) is 0 Å². The smallest absolute Gasteiger partial charge is 0.255 e. The molecule has 10 heteroatoms. The molecule has 0 bridgehead atoms. The van der Waals surface area contributed by atoms with Crippen LogP contribution in [0.2, 0.25) is 0 Å². The number of Topliss-reactive ketones (excluding diaryl/α,β-unsaturated/α-hetero) is 3. The summed E-state index contributed by atoms with van der Waals surface area (Å²) in [5.41, 5.74) is 3.24. The zero-order chi connectivity index (χ0) is 50.1. The fourth-order valence-electron chi connectivity index (χ4n) is 18.6. The Bertz CT molecular complexity index is 2510. The van der Waals surface area contributed by atoms with Gasteiger partial charge in [-0.2, -0.15) is 0 Å². The van der Waals surface area contributed by atoms with Crippen LogP contribution in [-0.2, 0) is 25.6 Å². The molecule has 68 heavy (non-hydrogen) atoms. The molecule has 0 saturated heterocycles. The van der Waals surface area contributed by atoms with Crippen LogP contribution >= 0.6 is 0 Å². The van der Waals surface area contributed by atoms with Gasteiger partial charge >= 0.3 is 0 Å². The molecule has 0 heterocycles. The standard InChI is InChI=1S/C58H78N2O8/c1-28(2)47-31(5)43(34(8)61)32(6)57(11)33(7)48-30(4)42-29(3)20-21-36(39(42)26-55(48,9)27-56(47,57)10)19-17-15-14-16-18-35-22-23-41(62)45-38(35)24-37-25-40-49(60(12)13)51(64)46(54(59)67)53(66)58(40,68)52(65)44(37)50(45)63/h22-23,28-33,36-37,39-40,42-43,47-49,62-63,66,68H,14-15,20-21,24-27H2,1-13H3,(H2,59,67)/t29?,30?,31?,32?,33?,36?,37-,39?,40-,42?,43?,47?,48?,49-,55?,56?,57?,58-/m0/s1. The van der Waals surface area contributed by atoms with Gasteiger partial charge < -0.3 is 26.2 Å². The van der Waals surface area contributed by atoms with E-state index in [0.29, 0.717) is 94.8 Å². The number of fused-ring (bicyclic) bond motifs is 6. The van der Waals surface area contributed by atoms with Crippen molar-refractivity contribution in [2.75, 3.05) is 14.1 Å². The first-order valence-corrected chi connectivity index (χ1v) is 25.7. The zero-order valence-corrected chi connectivity index (χ0v) is 42.9. The van der Waals surface area contributed by atoms with E-state index in [2.05, 4.69) is 92.9 Å². The van der Waals surface area contributed by atoms with Gasteiger partial charge in [-0.3, -0.25) is 24.1 Å². The molecule has 0 aromatic heterocycles. The van der Waals surface area contributed by atoms with E-state index in [0.717, 1.165) is 6.42 Å². The number of unbranched alkanes of at least 4 members (excludes halogenated alkanes) is 1. The van der Waals surface area contributed by atoms with Crippen LogP contribution in [0.3, 0.4) is 0 Å². The van der Waals surface area contributed by atoms with Crippen molar-refractivity contribution in [3.63, 3.8) is 0 Å². The van der Waals surface area contributed by atoms with Crippen molar-refractivity contribution in [3.8, 4) is 29.4 Å². The number of aromatic hydroxyl groups is 1. The van der Waals surface area contributed by atoms with E-state index in [1.807, 2.05) is 6.92 Å². The van der Waals surface area contributed by atoms with Crippen LogP contribution in [0.4, 0.5) is 0 Å². The fourth-order valence-corrected chi connectivity index (χ4v) is 18.6. The van der Waals surface area contributed by atoms with E-state index < -0.39 is 58.0 Å². The molecule has 7 aliphatic rings. The number of aliphatic hydroxyl groups excluding tert-OH is 2. The maximum atomic E-state index is 14.3. The van der Waals surface area contributed by atoms with Crippen molar-refractivity contribution in [2.24, 2.45) is 105 Å². The van der Waals surface area contributed by atoms with Crippen LogP contribution in [0.25, 0.3) is 5.76 Å². The number of hydrogen-bond acceptors (Lipinski definition) is 9. The Morgan fingerprint density at radius 1 is 0.941 bits per heavy atom. The molecular weight excluding hydrogens is 853 g/mol. The average molecular weight is 931 g/mol. The van der Waals surface area contributed by atoms with Crippen LogP contribution in [0.5, 0.6) is 5.75 Å². The van der Waals surface area contributed by atoms with Gasteiger partial charge in [-0.05, 0) is 159 Å². The molecule has 10 nitrogen and oxygen atoms in total. The molecule has 5 saturated carbocycles. The Balaban J connectivity index is 1.03. The average Bonchev–Trinajstić information content (AvgIpc) is 3.22.